The zero-order valence-electron chi connectivity index (χ0n) is 16.5. The van der Waals surface area contributed by atoms with Crippen molar-refractivity contribution in [2.45, 2.75) is 12.1 Å². The van der Waals surface area contributed by atoms with Gasteiger partial charge in [0.25, 0.3) is 0 Å². The molecule has 0 saturated heterocycles. The number of benzene rings is 3. The summed E-state index contributed by atoms with van der Waals surface area (Å²) in [5, 5.41) is 13.0. The standard InChI is InChI=1S/C23H18BrClN4OS/c1-15-4-2-5-16(12-15)22-27-28-23(29(22)20-10-8-18(25)9-11-20)31-14-21(30)26-19-7-3-6-17(24)13-19/h2-13H,14H2,1H3,(H,26,30). The molecule has 0 atom stereocenters. The van der Waals surface area contributed by atoms with Gasteiger partial charge >= 0.3 is 0 Å². The zero-order valence-corrected chi connectivity index (χ0v) is 19.7. The quantitative estimate of drug-likeness (QED) is 0.304. The molecule has 3 aromatic carbocycles. The van der Waals surface area contributed by atoms with E-state index in [9.17, 15) is 4.79 Å². The topological polar surface area (TPSA) is 59.8 Å². The fraction of sp³-hybridized carbons (Fsp3) is 0.0870. The van der Waals surface area contributed by atoms with E-state index in [0.717, 1.165) is 27.0 Å². The summed E-state index contributed by atoms with van der Waals surface area (Å²) in [5.41, 5.74) is 3.69. The Morgan fingerprint density at radius 2 is 1.84 bits per heavy atom. The van der Waals surface area contributed by atoms with Gasteiger partial charge in [0.05, 0.1) is 5.75 Å². The minimum Gasteiger partial charge on any atom is -0.325 e. The van der Waals surface area contributed by atoms with Crippen LogP contribution < -0.4 is 5.32 Å². The second-order valence-electron chi connectivity index (χ2n) is 6.83. The normalized spacial score (nSPS) is 10.8. The largest absolute Gasteiger partial charge is 0.325 e. The van der Waals surface area contributed by atoms with Crippen molar-refractivity contribution in [3.63, 3.8) is 0 Å². The number of hydrogen-bond acceptors (Lipinski definition) is 4. The summed E-state index contributed by atoms with van der Waals surface area (Å²) >= 11 is 10.8. The van der Waals surface area contributed by atoms with E-state index in [1.807, 2.05) is 78.2 Å². The Morgan fingerprint density at radius 3 is 2.58 bits per heavy atom. The summed E-state index contributed by atoms with van der Waals surface area (Å²) < 4.78 is 2.85. The molecule has 5 nitrogen and oxygen atoms in total. The van der Waals surface area contributed by atoms with Gasteiger partial charge in [-0.05, 0) is 55.5 Å². The van der Waals surface area contributed by atoms with Gasteiger partial charge in [-0.15, -0.1) is 10.2 Å². The molecule has 1 N–H and O–H groups in total. The predicted molar refractivity (Wildman–Crippen MR) is 130 cm³/mol. The monoisotopic (exact) mass is 512 g/mol. The van der Waals surface area contributed by atoms with E-state index in [-0.39, 0.29) is 11.7 Å². The molecule has 0 fully saturated rings. The molecule has 4 aromatic rings. The molecular weight excluding hydrogens is 496 g/mol. The second-order valence-corrected chi connectivity index (χ2v) is 9.13. The molecule has 1 amide bonds. The number of anilines is 1. The number of aryl methyl sites for hydroxylation is 1. The van der Waals surface area contributed by atoms with Crippen molar-refractivity contribution >= 4 is 50.9 Å². The Labute approximate surface area is 198 Å². The number of carbonyl (C=O) groups excluding carboxylic acids is 1. The molecule has 0 aliphatic rings. The summed E-state index contributed by atoms with van der Waals surface area (Å²) in [6, 6.07) is 23.0. The molecule has 0 bridgehead atoms. The number of amides is 1. The average Bonchev–Trinajstić information content (AvgIpc) is 3.17. The molecule has 0 radical (unpaired) electrons. The molecule has 31 heavy (non-hydrogen) atoms. The minimum atomic E-state index is -0.120. The van der Waals surface area contributed by atoms with Crippen LogP contribution in [0.2, 0.25) is 5.02 Å². The van der Waals surface area contributed by atoms with Crippen LogP contribution in [0.15, 0.2) is 82.4 Å². The van der Waals surface area contributed by atoms with Crippen LogP contribution in [-0.4, -0.2) is 26.4 Å². The molecule has 1 heterocycles. The molecule has 0 saturated carbocycles. The number of aromatic nitrogens is 3. The summed E-state index contributed by atoms with van der Waals surface area (Å²) in [5.74, 6) is 0.790. The molecule has 8 heteroatoms. The van der Waals surface area contributed by atoms with Crippen molar-refractivity contribution in [2.24, 2.45) is 0 Å². The third-order valence-electron chi connectivity index (χ3n) is 4.44. The highest BCUT2D eigenvalue weighted by molar-refractivity contribution is 9.10. The lowest BCUT2D eigenvalue weighted by Crippen LogP contribution is -2.14. The van der Waals surface area contributed by atoms with E-state index < -0.39 is 0 Å². The Morgan fingerprint density at radius 1 is 1.06 bits per heavy atom. The Hall–Kier alpha value is -2.61. The van der Waals surface area contributed by atoms with Crippen molar-refractivity contribution in [3.8, 4) is 17.1 Å². The molecule has 0 spiro atoms. The van der Waals surface area contributed by atoms with Gasteiger partial charge in [0.15, 0.2) is 11.0 Å². The molecule has 156 valence electrons. The van der Waals surface area contributed by atoms with Gasteiger partial charge in [0.2, 0.25) is 5.91 Å². The van der Waals surface area contributed by atoms with E-state index in [1.165, 1.54) is 11.8 Å². The first-order valence-corrected chi connectivity index (χ1v) is 11.6. The summed E-state index contributed by atoms with van der Waals surface area (Å²) in [6.45, 7) is 2.04. The number of halogens is 2. The van der Waals surface area contributed by atoms with Crippen LogP contribution >= 0.6 is 39.3 Å². The van der Waals surface area contributed by atoms with E-state index in [1.54, 1.807) is 0 Å². The van der Waals surface area contributed by atoms with Crippen molar-refractivity contribution < 1.29 is 4.79 Å². The van der Waals surface area contributed by atoms with E-state index >= 15 is 0 Å². The lowest BCUT2D eigenvalue weighted by molar-refractivity contribution is -0.113. The van der Waals surface area contributed by atoms with Crippen LogP contribution in [0.1, 0.15) is 5.56 Å². The Bertz CT molecular complexity index is 1230. The molecular formula is C23H18BrClN4OS. The van der Waals surface area contributed by atoms with Crippen LogP contribution in [0.4, 0.5) is 5.69 Å². The average molecular weight is 514 g/mol. The zero-order chi connectivity index (χ0) is 21.8. The van der Waals surface area contributed by atoms with Crippen molar-refractivity contribution in [3.05, 3.63) is 87.9 Å². The number of thioether (sulfide) groups is 1. The fourth-order valence-electron chi connectivity index (χ4n) is 3.05. The second kappa shape index (κ2) is 9.68. The first-order valence-electron chi connectivity index (χ1n) is 9.46. The van der Waals surface area contributed by atoms with Gasteiger partial charge < -0.3 is 5.32 Å². The van der Waals surface area contributed by atoms with Gasteiger partial charge in [-0.25, -0.2) is 0 Å². The van der Waals surface area contributed by atoms with Crippen LogP contribution in [-0.2, 0) is 4.79 Å². The van der Waals surface area contributed by atoms with Gasteiger partial charge in [0.1, 0.15) is 0 Å². The number of rotatable bonds is 6. The summed E-state index contributed by atoms with van der Waals surface area (Å²) in [4.78, 5) is 12.5. The van der Waals surface area contributed by atoms with Crippen molar-refractivity contribution in [1.82, 2.24) is 14.8 Å². The maximum Gasteiger partial charge on any atom is 0.234 e. The van der Waals surface area contributed by atoms with Crippen molar-refractivity contribution in [1.29, 1.82) is 0 Å². The lowest BCUT2D eigenvalue weighted by atomic mass is 10.1. The molecule has 1 aromatic heterocycles. The maximum atomic E-state index is 12.5. The number of hydrogen-bond donors (Lipinski definition) is 1. The van der Waals surface area contributed by atoms with E-state index in [4.69, 9.17) is 11.6 Å². The highest BCUT2D eigenvalue weighted by Gasteiger charge is 2.17. The SMILES string of the molecule is Cc1cccc(-c2nnc(SCC(=O)Nc3cccc(Br)c3)n2-c2ccc(Cl)cc2)c1. The summed E-state index contributed by atoms with van der Waals surface area (Å²) in [7, 11) is 0. The predicted octanol–water partition coefficient (Wildman–Crippen LogP) is 6.39. The number of nitrogens with one attached hydrogen (secondary N) is 1. The van der Waals surface area contributed by atoms with E-state index in [2.05, 4.69) is 37.5 Å². The minimum absolute atomic E-state index is 0.120. The molecule has 0 aliphatic carbocycles. The highest BCUT2D eigenvalue weighted by Crippen LogP contribution is 2.29. The van der Waals surface area contributed by atoms with Crippen molar-refractivity contribution in [2.75, 3.05) is 11.1 Å². The third kappa shape index (κ3) is 5.36. The molecule has 4 rings (SSSR count). The number of nitrogens with zero attached hydrogens (tertiary/aromatic N) is 3. The first kappa shape index (κ1) is 21.6. The fourth-order valence-corrected chi connectivity index (χ4v) is 4.33. The first-order chi connectivity index (χ1) is 15.0. The van der Waals surface area contributed by atoms with Crippen LogP contribution in [0.3, 0.4) is 0 Å². The van der Waals surface area contributed by atoms with E-state index in [0.29, 0.717) is 16.0 Å². The summed E-state index contributed by atoms with van der Waals surface area (Å²) in [6.07, 6.45) is 0. The van der Waals surface area contributed by atoms with Gasteiger partial charge in [-0.1, -0.05) is 69.1 Å². The van der Waals surface area contributed by atoms with Crippen LogP contribution in [0, 0.1) is 6.92 Å². The van der Waals surface area contributed by atoms with Crippen LogP contribution in [0.25, 0.3) is 17.1 Å². The number of carbonyl (C=O) groups is 1. The van der Waals surface area contributed by atoms with Crippen LogP contribution in [0.5, 0.6) is 0 Å². The maximum absolute atomic E-state index is 12.5. The molecule has 0 unspecified atom stereocenters. The Balaban J connectivity index is 1.61. The lowest BCUT2D eigenvalue weighted by Gasteiger charge is -2.11. The van der Waals surface area contributed by atoms with Gasteiger partial charge in [0, 0.05) is 26.4 Å². The smallest absolute Gasteiger partial charge is 0.234 e. The Kier molecular flexibility index (Phi) is 6.75. The highest BCUT2D eigenvalue weighted by atomic mass is 79.9. The molecule has 0 aliphatic heterocycles. The van der Waals surface area contributed by atoms with Gasteiger partial charge in [-0.2, -0.15) is 0 Å². The third-order valence-corrected chi connectivity index (χ3v) is 6.11. The van der Waals surface area contributed by atoms with Gasteiger partial charge in [-0.3, -0.25) is 9.36 Å².